The van der Waals surface area contributed by atoms with Gasteiger partial charge in [0.2, 0.25) is 0 Å². The van der Waals surface area contributed by atoms with E-state index in [-0.39, 0.29) is 34.7 Å². The molecule has 0 saturated carbocycles. The highest BCUT2D eigenvalue weighted by Gasteiger charge is 2.24. The summed E-state index contributed by atoms with van der Waals surface area (Å²) in [5, 5.41) is 11.9. The Morgan fingerprint density at radius 1 is 0.967 bits per heavy atom. The molecule has 0 aliphatic heterocycles. The SMILES string of the molecule is CCOC(=O)c1c(O)c2ccccc2c2nc3cc(OC)c(C(=O)OC)cc3nc12. The molecule has 0 atom stereocenters. The lowest BCUT2D eigenvalue weighted by Crippen LogP contribution is -2.08. The summed E-state index contributed by atoms with van der Waals surface area (Å²) in [5.41, 5.74) is 1.49. The molecule has 30 heavy (non-hydrogen) atoms. The van der Waals surface area contributed by atoms with Crippen LogP contribution in [0.3, 0.4) is 0 Å². The number of carbonyl (C=O) groups is 2. The number of hydrogen-bond donors (Lipinski definition) is 1. The van der Waals surface area contributed by atoms with Crippen LogP contribution in [0, 0.1) is 0 Å². The van der Waals surface area contributed by atoms with E-state index >= 15 is 0 Å². The number of esters is 2. The molecule has 0 fully saturated rings. The second-order valence-corrected chi connectivity index (χ2v) is 6.44. The topological polar surface area (TPSA) is 108 Å². The number of rotatable bonds is 4. The molecule has 4 aromatic rings. The van der Waals surface area contributed by atoms with E-state index in [1.165, 1.54) is 20.3 Å². The van der Waals surface area contributed by atoms with Gasteiger partial charge in [-0.3, -0.25) is 0 Å². The Bertz CT molecular complexity index is 1330. The van der Waals surface area contributed by atoms with Crippen molar-refractivity contribution in [3.05, 3.63) is 47.5 Å². The first kappa shape index (κ1) is 19.4. The fourth-order valence-corrected chi connectivity index (χ4v) is 3.42. The highest BCUT2D eigenvalue weighted by atomic mass is 16.5. The molecule has 152 valence electrons. The van der Waals surface area contributed by atoms with Crippen LogP contribution in [0.2, 0.25) is 0 Å². The summed E-state index contributed by atoms with van der Waals surface area (Å²) in [6.45, 7) is 1.81. The maximum absolute atomic E-state index is 12.6. The van der Waals surface area contributed by atoms with Gasteiger partial charge in [-0.25, -0.2) is 19.6 Å². The van der Waals surface area contributed by atoms with Crippen LogP contribution in [0.15, 0.2) is 36.4 Å². The van der Waals surface area contributed by atoms with Gasteiger partial charge in [-0.05, 0) is 13.0 Å². The molecule has 1 heterocycles. The first-order valence-corrected chi connectivity index (χ1v) is 9.18. The monoisotopic (exact) mass is 406 g/mol. The summed E-state index contributed by atoms with van der Waals surface area (Å²) in [5.74, 6) is -1.24. The number of fused-ring (bicyclic) bond motifs is 4. The lowest BCUT2D eigenvalue weighted by molar-refractivity contribution is 0.0524. The minimum absolute atomic E-state index is 0.0737. The number of hydrogen-bond acceptors (Lipinski definition) is 8. The first-order valence-electron chi connectivity index (χ1n) is 9.18. The maximum Gasteiger partial charge on any atom is 0.344 e. The molecule has 4 rings (SSSR count). The number of ether oxygens (including phenoxy) is 3. The van der Waals surface area contributed by atoms with E-state index in [0.29, 0.717) is 27.3 Å². The van der Waals surface area contributed by atoms with Crippen LogP contribution >= 0.6 is 0 Å². The molecule has 1 N–H and O–H groups in total. The molecule has 1 aromatic heterocycles. The van der Waals surface area contributed by atoms with Crippen LogP contribution in [0.25, 0.3) is 32.8 Å². The fraction of sp³-hybridized carbons (Fsp3) is 0.182. The maximum atomic E-state index is 12.6. The highest BCUT2D eigenvalue weighted by molar-refractivity contribution is 6.18. The predicted octanol–water partition coefficient (Wildman–Crippen LogP) is 3.61. The Kier molecular flexibility index (Phi) is 4.83. The normalized spacial score (nSPS) is 11.0. The summed E-state index contributed by atoms with van der Waals surface area (Å²) in [4.78, 5) is 34.0. The number of nitrogens with zero attached hydrogens (tertiary/aromatic N) is 2. The van der Waals surface area contributed by atoms with Gasteiger partial charge in [-0.2, -0.15) is 0 Å². The molecule has 3 aromatic carbocycles. The van der Waals surface area contributed by atoms with Crippen molar-refractivity contribution in [3.8, 4) is 11.5 Å². The molecular weight excluding hydrogens is 388 g/mol. The minimum Gasteiger partial charge on any atom is -0.506 e. The number of methoxy groups -OCH3 is 2. The average molecular weight is 406 g/mol. The van der Waals surface area contributed by atoms with E-state index < -0.39 is 11.9 Å². The summed E-state index contributed by atoms with van der Waals surface area (Å²) in [7, 11) is 2.70. The molecule has 0 bridgehead atoms. The van der Waals surface area contributed by atoms with E-state index in [1.54, 1.807) is 37.3 Å². The van der Waals surface area contributed by atoms with E-state index in [0.717, 1.165) is 0 Å². The lowest BCUT2D eigenvalue weighted by Gasteiger charge is -2.13. The Labute approximate surface area is 171 Å². The van der Waals surface area contributed by atoms with Crippen molar-refractivity contribution in [1.82, 2.24) is 9.97 Å². The van der Waals surface area contributed by atoms with Gasteiger partial charge in [-0.1, -0.05) is 24.3 Å². The summed E-state index contributed by atoms with van der Waals surface area (Å²) < 4.78 is 15.2. The standard InChI is InChI=1S/C22H18N2O6/c1-4-30-22(27)17-19-18(11-7-5-6-8-12(11)20(17)25)23-15-10-16(28-2)13(21(26)29-3)9-14(15)24-19/h5-10,25H,4H2,1-3H3. The third-order valence-electron chi connectivity index (χ3n) is 4.78. The van der Waals surface area contributed by atoms with Gasteiger partial charge < -0.3 is 19.3 Å². The third kappa shape index (κ3) is 2.93. The Balaban J connectivity index is 2.16. The number of aromatic nitrogens is 2. The van der Waals surface area contributed by atoms with Crippen molar-refractivity contribution in [2.75, 3.05) is 20.8 Å². The average Bonchev–Trinajstić information content (AvgIpc) is 2.77. The predicted molar refractivity (Wildman–Crippen MR) is 110 cm³/mol. The second kappa shape index (κ2) is 7.47. The summed E-state index contributed by atoms with van der Waals surface area (Å²) in [6.07, 6.45) is 0. The molecule has 0 radical (unpaired) electrons. The van der Waals surface area contributed by atoms with Gasteiger partial charge in [0, 0.05) is 16.8 Å². The van der Waals surface area contributed by atoms with Crippen molar-refractivity contribution >= 4 is 44.8 Å². The molecule has 8 heteroatoms. The van der Waals surface area contributed by atoms with Gasteiger partial charge in [0.05, 0.1) is 37.4 Å². The zero-order valence-corrected chi connectivity index (χ0v) is 16.6. The smallest absolute Gasteiger partial charge is 0.344 e. The van der Waals surface area contributed by atoms with Gasteiger partial charge in [0.25, 0.3) is 0 Å². The molecular formula is C22H18N2O6. The Morgan fingerprint density at radius 2 is 1.63 bits per heavy atom. The first-order chi connectivity index (χ1) is 14.5. The fourth-order valence-electron chi connectivity index (χ4n) is 3.42. The van der Waals surface area contributed by atoms with Crippen LogP contribution in [0.5, 0.6) is 11.5 Å². The Morgan fingerprint density at radius 3 is 2.30 bits per heavy atom. The van der Waals surface area contributed by atoms with Gasteiger partial charge in [0.1, 0.15) is 28.1 Å². The zero-order chi connectivity index (χ0) is 21.4. The van der Waals surface area contributed by atoms with E-state index in [2.05, 4.69) is 9.97 Å². The number of phenols is 1. The molecule has 0 aliphatic rings. The van der Waals surface area contributed by atoms with Crippen LogP contribution in [-0.2, 0) is 9.47 Å². The van der Waals surface area contributed by atoms with Crippen LogP contribution in [0.4, 0.5) is 0 Å². The molecule has 8 nitrogen and oxygen atoms in total. The van der Waals surface area contributed by atoms with Crippen molar-refractivity contribution in [2.24, 2.45) is 0 Å². The van der Waals surface area contributed by atoms with E-state index in [1.807, 2.05) is 0 Å². The van der Waals surface area contributed by atoms with Crippen LogP contribution in [-0.4, -0.2) is 47.8 Å². The van der Waals surface area contributed by atoms with Crippen LogP contribution in [0.1, 0.15) is 27.6 Å². The number of aromatic hydroxyl groups is 1. The highest BCUT2D eigenvalue weighted by Crippen LogP contribution is 2.37. The third-order valence-corrected chi connectivity index (χ3v) is 4.78. The largest absolute Gasteiger partial charge is 0.506 e. The number of carbonyl (C=O) groups excluding carboxylic acids is 2. The molecule has 0 amide bonds. The minimum atomic E-state index is -0.707. The Hall–Kier alpha value is -3.94. The zero-order valence-electron chi connectivity index (χ0n) is 16.6. The summed E-state index contributed by atoms with van der Waals surface area (Å²) >= 11 is 0. The summed E-state index contributed by atoms with van der Waals surface area (Å²) in [6, 6.07) is 10.1. The number of benzene rings is 3. The molecule has 0 aliphatic carbocycles. The van der Waals surface area contributed by atoms with Gasteiger partial charge in [0.15, 0.2) is 0 Å². The van der Waals surface area contributed by atoms with Crippen molar-refractivity contribution in [2.45, 2.75) is 6.92 Å². The van der Waals surface area contributed by atoms with Gasteiger partial charge >= 0.3 is 11.9 Å². The molecule has 0 spiro atoms. The van der Waals surface area contributed by atoms with Crippen molar-refractivity contribution < 1.29 is 28.9 Å². The van der Waals surface area contributed by atoms with E-state index in [9.17, 15) is 14.7 Å². The van der Waals surface area contributed by atoms with Crippen molar-refractivity contribution in [1.29, 1.82) is 0 Å². The molecule has 0 saturated heterocycles. The van der Waals surface area contributed by atoms with Gasteiger partial charge in [-0.15, -0.1) is 0 Å². The number of phenolic OH excluding ortho intramolecular Hbond substituents is 1. The van der Waals surface area contributed by atoms with Crippen molar-refractivity contribution in [3.63, 3.8) is 0 Å². The van der Waals surface area contributed by atoms with Crippen LogP contribution < -0.4 is 4.74 Å². The lowest BCUT2D eigenvalue weighted by atomic mass is 10.0. The quantitative estimate of drug-likeness (QED) is 0.311. The van der Waals surface area contributed by atoms with E-state index in [4.69, 9.17) is 14.2 Å². The second-order valence-electron chi connectivity index (χ2n) is 6.44. The molecule has 0 unspecified atom stereocenters.